The van der Waals surface area contributed by atoms with Gasteiger partial charge in [0.1, 0.15) is 0 Å². The van der Waals surface area contributed by atoms with Gasteiger partial charge < -0.3 is 0 Å². The summed E-state index contributed by atoms with van der Waals surface area (Å²) in [6.07, 6.45) is -3.10. The van der Waals surface area contributed by atoms with E-state index in [1.807, 2.05) is 0 Å². The second-order valence-electron chi connectivity index (χ2n) is 7.12. The number of anilines is 1. The van der Waals surface area contributed by atoms with E-state index in [1.54, 1.807) is 48.5 Å². The molecule has 0 fully saturated rings. The van der Waals surface area contributed by atoms with Crippen LogP contribution in [0.1, 0.15) is 26.3 Å². The average molecular weight is 434 g/mol. The van der Waals surface area contributed by atoms with Crippen LogP contribution in [0, 0.1) is 0 Å². The van der Waals surface area contributed by atoms with Crippen molar-refractivity contribution in [1.29, 1.82) is 0 Å². The molecule has 0 unspecified atom stereocenters. The lowest BCUT2D eigenvalue weighted by atomic mass is 10.1. The topological polar surface area (TPSA) is 68.1 Å². The first-order valence-electron chi connectivity index (χ1n) is 9.51. The Morgan fingerprint density at radius 3 is 2.00 bits per heavy atom. The number of rotatable bonds is 3. The monoisotopic (exact) mass is 434 g/mol. The van der Waals surface area contributed by atoms with Crippen LogP contribution in [-0.2, 0) is 6.18 Å². The maximum Gasteiger partial charge on any atom is 0.416 e. The Hall–Kier alpha value is -4.27. The quantitative estimate of drug-likeness (QED) is 0.437. The molecule has 0 radical (unpaired) electrons. The third-order valence-corrected chi connectivity index (χ3v) is 5.18. The highest BCUT2D eigenvalue weighted by molar-refractivity contribution is 6.34. The van der Waals surface area contributed by atoms with Crippen LogP contribution < -0.4 is 4.90 Å². The molecule has 9 heteroatoms. The predicted molar refractivity (Wildman–Crippen MR) is 109 cm³/mol. The van der Waals surface area contributed by atoms with Gasteiger partial charge in [-0.05, 0) is 48.5 Å². The van der Waals surface area contributed by atoms with Crippen molar-refractivity contribution in [2.75, 3.05) is 4.90 Å². The fourth-order valence-corrected chi connectivity index (χ4v) is 3.64. The molecule has 1 aromatic heterocycles. The molecular weight excluding hydrogens is 421 g/mol. The maximum atomic E-state index is 13.1. The number of nitrogens with zero attached hydrogens (tertiary/aromatic N) is 4. The van der Waals surface area contributed by atoms with E-state index in [9.17, 15) is 22.8 Å². The number of hydrogen-bond acceptors (Lipinski definition) is 4. The highest BCUT2D eigenvalue weighted by Crippen LogP contribution is 2.33. The van der Waals surface area contributed by atoms with Crippen molar-refractivity contribution in [3.8, 4) is 16.9 Å². The van der Waals surface area contributed by atoms with Gasteiger partial charge in [0.15, 0.2) is 0 Å². The van der Waals surface area contributed by atoms with E-state index in [0.717, 1.165) is 17.0 Å². The molecule has 0 saturated heterocycles. The molecule has 3 aromatic carbocycles. The first-order valence-corrected chi connectivity index (χ1v) is 9.51. The van der Waals surface area contributed by atoms with E-state index in [1.165, 1.54) is 23.0 Å². The summed E-state index contributed by atoms with van der Waals surface area (Å²) in [7, 11) is 0. The van der Waals surface area contributed by atoms with Crippen molar-refractivity contribution < 1.29 is 22.8 Å². The van der Waals surface area contributed by atoms with Crippen molar-refractivity contribution in [1.82, 2.24) is 15.0 Å². The number of hydrogen-bond donors (Lipinski definition) is 0. The van der Waals surface area contributed by atoms with Crippen LogP contribution in [0.3, 0.4) is 0 Å². The van der Waals surface area contributed by atoms with Crippen LogP contribution >= 0.6 is 0 Å². The number of carbonyl (C=O) groups excluding carboxylic acids is 2. The van der Waals surface area contributed by atoms with Crippen molar-refractivity contribution in [3.05, 3.63) is 95.7 Å². The zero-order chi connectivity index (χ0) is 22.5. The van der Waals surface area contributed by atoms with Gasteiger partial charge in [-0.25, -0.2) is 9.58 Å². The van der Waals surface area contributed by atoms with E-state index < -0.39 is 23.6 Å². The third kappa shape index (κ3) is 3.15. The smallest absolute Gasteiger partial charge is 0.268 e. The molecule has 0 aliphatic carbocycles. The highest BCUT2D eigenvalue weighted by Gasteiger charge is 2.36. The summed E-state index contributed by atoms with van der Waals surface area (Å²) in [5, 5.41) is 7.81. The number of imide groups is 1. The number of benzene rings is 3. The van der Waals surface area contributed by atoms with Gasteiger partial charge in [0.25, 0.3) is 11.8 Å². The SMILES string of the molecule is O=C1c2ccccc2C(=O)N1c1ccc(-n2nncc2-c2cccc(C(F)(F)F)c2)cc1. The Kier molecular flexibility index (Phi) is 4.40. The van der Waals surface area contributed by atoms with Crippen molar-refractivity contribution in [2.24, 2.45) is 0 Å². The van der Waals surface area contributed by atoms with Gasteiger partial charge in [-0.2, -0.15) is 13.2 Å². The standard InChI is InChI=1S/C23H13F3N4O2/c24-23(25,26)15-5-3-4-14(12-15)20-13-27-28-30(20)17-10-8-16(9-11-17)29-21(31)18-6-1-2-7-19(18)22(29)32/h1-13H. The summed E-state index contributed by atoms with van der Waals surface area (Å²) in [6, 6.07) is 17.8. The van der Waals surface area contributed by atoms with E-state index in [4.69, 9.17) is 0 Å². The predicted octanol–water partition coefficient (Wildman–Crippen LogP) is 4.75. The molecule has 5 rings (SSSR count). The molecule has 6 nitrogen and oxygen atoms in total. The van der Waals surface area contributed by atoms with Gasteiger partial charge in [0.05, 0.1) is 40.0 Å². The second kappa shape index (κ2) is 7.16. The first kappa shape index (κ1) is 19.7. The minimum Gasteiger partial charge on any atom is -0.268 e. The number of amides is 2. The fraction of sp³-hybridized carbons (Fsp3) is 0.0435. The highest BCUT2D eigenvalue weighted by atomic mass is 19.4. The summed E-state index contributed by atoms with van der Waals surface area (Å²) in [4.78, 5) is 26.4. The van der Waals surface area contributed by atoms with Crippen LogP contribution in [-0.4, -0.2) is 26.8 Å². The molecule has 2 amide bonds. The van der Waals surface area contributed by atoms with Crippen molar-refractivity contribution in [2.45, 2.75) is 6.18 Å². The number of alkyl halides is 3. The summed E-state index contributed by atoms with van der Waals surface area (Å²) < 4.78 is 40.7. The lowest BCUT2D eigenvalue weighted by molar-refractivity contribution is -0.137. The Labute approximate surface area is 179 Å². The summed E-state index contributed by atoms with van der Waals surface area (Å²) >= 11 is 0. The minimum atomic E-state index is -4.47. The van der Waals surface area contributed by atoms with Crippen LogP contribution in [0.15, 0.2) is 79.0 Å². The molecule has 1 aliphatic rings. The fourth-order valence-electron chi connectivity index (χ4n) is 3.64. The van der Waals surface area contributed by atoms with Crippen LogP contribution in [0.2, 0.25) is 0 Å². The molecule has 0 atom stereocenters. The van der Waals surface area contributed by atoms with E-state index >= 15 is 0 Å². The number of halogens is 3. The van der Waals surface area contributed by atoms with Crippen LogP contribution in [0.5, 0.6) is 0 Å². The average Bonchev–Trinajstić information content (AvgIpc) is 3.37. The molecule has 2 heterocycles. The van der Waals surface area contributed by atoms with Crippen LogP contribution in [0.25, 0.3) is 16.9 Å². The van der Waals surface area contributed by atoms with Crippen molar-refractivity contribution in [3.63, 3.8) is 0 Å². The van der Waals surface area contributed by atoms with Gasteiger partial charge in [0, 0.05) is 5.56 Å². The minimum absolute atomic E-state index is 0.300. The molecule has 0 N–H and O–H groups in total. The molecule has 32 heavy (non-hydrogen) atoms. The second-order valence-corrected chi connectivity index (χ2v) is 7.12. The van der Waals surface area contributed by atoms with Crippen molar-refractivity contribution >= 4 is 17.5 Å². The summed E-state index contributed by atoms with van der Waals surface area (Å²) in [5.41, 5.74) is 1.45. The zero-order valence-electron chi connectivity index (χ0n) is 16.2. The van der Waals surface area contributed by atoms with Gasteiger partial charge in [-0.1, -0.05) is 29.5 Å². The Morgan fingerprint density at radius 2 is 1.38 bits per heavy atom. The molecular formula is C23H13F3N4O2. The van der Waals surface area contributed by atoms with Gasteiger partial charge in [-0.15, -0.1) is 5.10 Å². The molecule has 0 saturated carbocycles. The number of carbonyl (C=O) groups is 2. The molecule has 1 aliphatic heterocycles. The normalized spacial score (nSPS) is 13.5. The van der Waals surface area contributed by atoms with Gasteiger partial charge in [0.2, 0.25) is 0 Å². The summed E-state index contributed by atoms with van der Waals surface area (Å²) in [5.74, 6) is -0.826. The summed E-state index contributed by atoms with van der Waals surface area (Å²) in [6.45, 7) is 0. The molecule has 4 aromatic rings. The number of aromatic nitrogens is 3. The Bertz CT molecular complexity index is 1330. The molecule has 0 bridgehead atoms. The van der Waals surface area contributed by atoms with E-state index in [2.05, 4.69) is 10.3 Å². The van der Waals surface area contributed by atoms with Gasteiger partial charge in [-0.3, -0.25) is 9.59 Å². The van der Waals surface area contributed by atoms with Gasteiger partial charge >= 0.3 is 6.18 Å². The first-order chi connectivity index (χ1) is 15.3. The molecule has 158 valence electrons. The molecule has 0 spiro atoms. The van der Waals surface area contributed by atoms with Crippen LogP contribution in [0.4, 0.5) is 18.9 Å². The maximum absolute atomic E-state index is 13.1. The zero-order valence-corrected chi connectivity index (χ0v) is 16.2. The Morgan fingerprint density at radius 1 is 0.750 bits per heavy atom. The van der Waals surface area contributed by atoms with E-state index in [0.29, 0.717) is 33.8 Å². The Balaban J connectivity index is 1.48. The largest absolute Gasteiger partial charge is 0.416 e. The number of fused-ring (bicyclic) bond motifs is 1. The third-order valence-electron chi connectivity index (χ3n) is 5.18. The van der Waals surface area contributed by atoms with E-state index in [-0.39, 0.29) is 0 Å². The lowest BCUT2D eigenvalue weighted by Gasteiger charge is -2.15. The lowest BCUT2D eigenvalue weighted by Crippen LogP contribution is -2.29.